The summed E-state index contributed by atoms with van der Waals surface area (Å²) >= 11 is 0. The molecule has 5 nitrogen and oxygen atoms in total. The van der Waals surface area contributed by atoms with Crippen LogP contribution in [0, 0.1) is 62.1 Å². The molecule has 0 spiro atoms. The number of ketones is 2. The lowest BCUT2D eigenvalue weighted by molar-refractivity contribution is -0.151. The zero-order valence-electron chi connectivity index (χ0n) is 25.6. The standard InChI is InChI=1S/C35H48N2O3/c1-31(2)14-15-35(13-10-28(39)37-16-7-17-37)12-8-23-29(24(35)20-31)25(38)18-27-33(23,5)11-9-26-32(3,4)30(40)22(21-36)19-34(26,27)6/h18-19,23-24,26,29H,7-17,20H2,1-6H3. The number of allylic oxidation sites excluding steroid dienone is 4. The third kappa shape index (κ3) is 3.80. The lowest BCUT2D eigenvalue weighted by Crippen LogP contribution is -2.60. The van der Waals surface area contributed by atoms with Gasteiger partial charge in [0.25, 0.3) is 0 Å². The number of fused-ring (bicyclic) bond motifs is 7. The topological polar surface area (TPSA) is 78.2 Å². The molecule has 1 amide bonds. The van der Waals surface area contributed by atoms with Crippen LogP contribution in [-0.4, -0.2) is 35.5 Å². The van der Waals surface area contributed by atoms with Crippen molar-refractivity contribution in [1.82, 2.24) is 4.90 Å². The molecular weight excluding hydrogens is 496 g/mol. The van der Waals surface area contributed by atoms with Gasteiger partial charge in [0.2, 0.25) is 5.91 Å². The summed E-state index contributed by atoms with van der Waals surface area (Å²) in [6.07, 6.45) is 13.9. The molecule has 3 saturated carbocycles. The van der Waals surface area contributed by atoms with Crippen LogP contribution >= 0.6 is 0 Å². The lowest BCUT2D eigenvalue weighted by Gasteiger charge is -2.65. The van der Waals surface area contributed by atoms with Crippen molar-refractivity contribution in [2.45, 2.75) is 106 Å². The maximum Gasteiger partial charge on any atom is 0.222 e. The molecule has 4 fully saturated rings. The minimum Gasteiger partial charge on any atom is -0.343 e. The van der Waals surface area contributed by atoms with Crippen molar-refractivity contribution in [1.29, 1.82) is 5.26 Å². The summed E-state index contributed by atoms with van der Waals surface area (Å²) in [6.45, 7) is 15.1. The van der Waals surface area contributed by atoms with Gasteiger partial charge in [-0.25, -0.2) is 0 Å². The summed E-state index contributed by atoms with van der Waals surface area (Å²) in [5.41, 5.74) is 0.471. The molecule has 7 unspecified atom stereocenters. The molecule has 216 valence electrons. The van der Waals surface area contributed by atoms with Crippen LogP contribution in [0.1, 0.15) is 106 Å². The molecule has 5 aliphatic carbocycles. The Bertz CT molecular complexity index is 1260. The fraction of sp³-hybridized carbons (Fsp3) is 0.771. The second-order valence-electron chi connectivity index (χ2n) is 16.2. The van der Waals surface area contributed by atoms with Crippen LogP contribution in [0.25, 0.3) is 0 Å². The largest absolute Gasteiger partial charge is 0.343 e. The van der Waals surface area contributed by atoms with Crippen LogP contribution in [0.2, 0.25) is 0 Å². The lowest BCUT2D eigenvalue weighted by atomic mass is 9.38. The molecule has 6 aliphatic rings. The van der Waals surface area contributed by atoms with Crippen molar-refractivity contribution >= 4 is 17.5 Å². The van der Waals surface area contributed by atoms with Gasteiger partial charge in [-0.05, 0) is 97.9 Å². The van der Waals surface area contributed by atoms with Gasteiger partial charge in [-0.2, -0.15) is 5.26 Å². The van der Waals surface area contributed by atoms with Crippen molar-refractivity contribution < 1.29 is 14.4 Å². The van der Waals surface area contributed by atoms with E-state index >= 15 is 0 Å². The first kappa shape index (κ1) is 27.9. The highest BCUT2D eigenvalue weighted by atomic mass is 16.2. The van der Waals surface area contributed by atoms with E-state index < -0.39 is 10.8 Å². The quantitative estimate of drug-likeness (QED) is 0.390. The Balaban J connectivity index is 1.39. The Hall–Kier alpha value is -2.22. The predicted octanol–water partition coefficient (Wildman–Crippen LogP) is 6.83. The number of hydrogen-bond acceptors (Lipinski definition) is 4. The van der Waals surface area contributed by atoms with E-state index in [-0.39, 0.29) is 51.1 Å². The van der Waals surface area contributed by atoms with E-state index in [1.165, 1.54) is 5.57 Å². The third-order valence-corrected chi connectivity index (χ3v) is 13.3. The van der Waals surface area contributed by atoms with Crippen molar-refractivity contribution in [3.8, 4) is 6.07 Å². The van der Waals surface area contributed by atoms with Gasteiger partial charge in [0.05, 0.1) is 5.57 Å². The SMILES string of the molecule is CC1(C)CCC2(CCC(=O)N3CCC3)CCC3C(C(=O)C=C4C5(C)C=C(C#N)C(=O)C(C)(C)C5CCC43C)C2C1. The second kappa shape index (κ2) is 8.89. The molecule has 6 rings (SSSR count). The molecular formula is C35H48N2O3. The van der Waals surface area contributed by atoms with Gasteiger partial charge in [-0.1, -0.05) is 53.2 Å². The summed E-state index contributed by atoms with van der Waals surface area (Å²) in [4.78, 5) is 42.6. The monoisotopic (exact) mass is 544 g/mol. The number of carbonyl (C=O) groups excluding carboxylic acids is 3. The number of hydrogen-bond donors (Lipinski definition) is 0. The molecule has 0 bridgehead atoms. The number of nitriles is 1. The number of Topliss-reactive ketones (excluding diaryl/α,β-unsaturated/α-hetero) is 1. The van der Waals surface area contributed by atoms with E-state index in [1.807, 2.05) is 30.9 Å². The highest BCUT2D eigenvalue weighted by molar-refractivity contribution is 6.04. The van der Waals surface area contributed by atoms with Crippen molar-refractivity contribution in [2.75, 3.05) is 13.1 Å². The van der Waals surface area contributed by atoms with Gasteiger partial charge in [0.15, 0.2) is 11.6 Å². The van der Waals surface area contributed by atoms with E-state index in [2.05, 4.69) is 33.8 Å². The minimum atomic E-state index is -0.630. The van der Waals surface area contributed by atoms with E-state index in [4.69, 9.17) is 0 Å². The van der Waals surface area contributed by atoms with Crippen molar-refractivity contribution in [2.24, 2.45) is 50.7 Å². The summed E-state index contributed by atoms with van der Waals surface area (Å²) in [5, 5.41) is 9.90. The van der Waals surface area contributed by atoms with Gasteiger partial charge in [0, 0.05) is 36.3 Å². The number of nitrogens with zero attached hydrogens (tertiary/aromatic N) is 2. The molecule has 1 aliphatic heterocycles. The summed E-state index contributed by atoms with van der Waals surface area (Å²) < 4.78 is 0. The van der Waals surface area contributed by atoms with Gasteiger partial charge in [0.1, 0.15) is 6.07 Å². The van der Waals surface area contributed by atoms with E-state index in [9.17, 15) is 19.6 Å². The molecule has 1 saturated heterocycles. The maximum absolute atomic E-state index is 14.4. The van der Waals surface area contributed by atoms with Crippen LogP contribution in [0.5, 0.6) is 0 Å². The van der Waals surface area contributed by atoms with Crippen molar-refractivity contribution in [3.05, 3.63) is 23.3 Å². The van der Waals surface area contributed by atoms with Gasteiger partial charge in [-0.15, -0.1) is 0 Å². The smallest absolute Gasteiger partial charge is 0.222 e. The molecule has 0 N–H and O–H groups in total. The third-order valence-electron chi connectivity index (χ3n) is 13.3. The van der Waals surface area contributed by atoms with Gasteiger partial charge < -0.3 is 4.90 Å². The molecule has 5 heteroatoms. The second-order valence-corrected chi connectivity index (χ2v) is 16.2. The van der Waals surface area contributed by atoms with Gasteiger partial charge >= 0.3 is 0 Å². The molecule has 0 aromatic carbocycles. The Morgan fingerprint density at radius 1 is 1.00 bits per heavy atom. The normalized spacial score (nSPS) is 43.1. The average Bonchev–Trinajstić information content (AvgIpc) is 2.85. The number of likely N-dealkylation sites (tertiary alicyclic amines) is 1. The predicted molar refractivity (Wildman–Crippen MR) is 155 cm³/mol. The van der Waals surface area contributed by atoms with Crippen LogP contribution < -0.4 is 0 Å². The Morgan fingerprint density at radius 2 is 1.73 bits per heavy atom. The van der Waals surface area contributed by atoms with Crippen LogP contribution in [0.3, 0.4) is 0 Å². The molecule has 0 aromatic rings. The molecule has 40 heavy (non-hydrogen) atoms. The number of carbonyl (C=O) groups is 3. The fourth-order valence-corrected chi connectivity index (χ4v) is 10.9. The first-order valence-electron chi connectivity index (χ1n) is 15.9. The van der Waals surface area contributed by atoms with Gasteiger partial charge in [-0.3, -0.25) is 14.4 Å². The Morgan fingerprint density at radius 3 is 2.38 bits per heavy atom. The molecule has 7 atom stereocenters. The van der Waals surface area contributed by atoms with Crippen LogP contribution in [0.15, 0.2) is 23.3 Å². The summed E-state index contributed by atoms with van der Waals surface area (Å²) in [7, 11) is 0. The van der Waals surface area contributed by atoms with E-state index in [1.54, 1.807) is 0 Å². The first-order valence-corrected chi connectivity index (χ1v) is 15.9. The number of rotatable bonds is 3. The van der Waals surface area contributed by atoms with Crippen molar-refractivity contribution in [3.63, 3.8) is 0 Å². The maximum atomic E-state index is 14.4. The summed E-state index contributed by atoms with van der Waals surface area (Å²) in [6, 6.07) is 2.20. The highest BCUT2D eigenvalue weighted by Gasteiger charge is 2.65. The zero-order valence-corrected chi connectivity index (χ0v) is 25.6. The molecule has 0 radical (unpaired) electrons. The average molecular weight is 545 g/mol. The molecule has 1 heterocycles. The van der Waals surface area contributed by atoms with Crippen LogP contribution in [0.4, 0.5) is 0 Å². The number of amides is 1. The van der Waals surface area contributed by atoms with E-state index in [0.717, 1.165) is 70.9 Å². The molecule has 0 aromatic heterocycles. The Kier molecular flexibility index (Phi) is 6.21. The fourth-order valence-electron chi connectivity index (χ4n) is 10.9. The Labute approximate surface area is 240 Å². The minimum absolute atomic E-state index is 0.000939. The summed E-state index contributed by atoms with van der Waals surface area (Å²) in [5.74, 6) is 1.17. The highest BCUT2D eigenvalue weighted by Crippen LogP contribution is 2.71. The first-order chi connectivity index (χ1) is 18.7. The van der Waals surface area contributed by atoms with Crippen LogP contribution in [-0.2, 0) is 14.4 Å². The zero-order chi connectivity index (χ0) is 28.9. The van der Waals surface area contributed by atoms with E-state index in [0.29, 0.717) is 18.2 Å².